The van der Waals surface area contributed by atoms with E-state index < -0.39 is 10.0 Å². The first-order chi connectivity index (χ1) is 14.3. The third-order valence-corrected chi connectivity index (χ3v) is 6.29. The summed E-state index contributed by atoms with van der Waals surface area (Å²) in [6, 6.07) is 21.1. The smallest absolute Gasteiger partial charge is 0.261 e. The van der Waals surface area contributed by atoms with E-state index in [-0.39, 0.29) is 10.7 Å². The number of nitrogen functional groups attached to an aromatic ring is 1. The van der Waals surface area contributed by atoms with Crippen molar-refractivity contribution in [3.8, 4) is 0 Å². The minimum atomic E-state index is -3.71. The van der Waals surface area contributed by atoms with Crippen LogP contribution in [0.4, 0.5) is 5.69 Å². The van der Waals surface area contributed by atoms with E-state index in [0.29, 0.717) is 23.2 Å². The number of rotatable bonds is 6. The van der Waals surface area contributed by atoms with E-state index in [1.165, 1.54) is 0 Å². The summed E-state index contributed by atoms with van der Waals surface area (Å²) in [7, 11) is -1.80. The minimum Gasteiger partial charge on any atom is -0.384 e. The maximum Gasteiger partial charge on any atom is 0.261 e. The van der Waals surface area contributed by atoms with Gasteiger partial charge in [-0.05, 0) is 35.9 Å². The SMILES string of the molecule is Cn1c(Cc2ccc(C(=N)N)cc2)nc2cc(S(=O)(=O)Nc3ccccc3)ccc21. The molecule has 0 fully saturated rings. The maximum atomic E-state index is 12.7. The molecular formula is C22H21N5O2S. The number of amidine groups is 1. The highest BCUT2D eigenvalue weighted by atomic mass is 32.2. The van der Waals surface area contributed by atoms with Gasteiger partial charge in [-0.3, -0.25) is 10.1 Å². The van der Waals surface area contributed by atoms with Gasteiger partial charge in [0.2, 0.25) is 0 Å². The normalized spacial score (nSPS) is 11.5. The Kier molecular flexibility index (Phi) is 5.01. The van der Waals surface area contributed by atoms with Crippen molar-refractivity contribution >= 4 is 32.6 Å². The standard InChI is InChI=1S/C22H21N5O2S/c1-27-20-12-11-18(30(28,29)26-17-5-3-2-4-6-17)14-19(20)25-21(27)13-15-7-9-16(10-8-15)22(23)24/h2-12,14,26H,13H2,1H3,(H3,23,24). The Morgan fingerprint density at radius 3 is 2.43 bits per heavy atom. The predicted molar refractivity (Wildman–Crippen MR) is 118 cm³/mol. The lowest BCUT2D eigenvalue weighted by Crippen LogP contribution is -2.12. The highest BCUT2D eigenvalue weighted by Gasteiger charge is 2.17. The van der Waals surface area contributed by atoms with E-state index in [1.54, 1.807) is 54.6 Å². The number of hydrogen-bond acceptors (Lipinski definition) is 4. The second kappa shape index (κ2) is 7.64. The zero-order chi connectivity index (χ0) is 21.3. The molecule has 1 aromatic heterocycles. The van der Waals surface area contributed by atoms with E-state index in [2.05, 4.69) is 9.71 Å². The third-order valence-electron chi connectivity index (χ3n) is 4.91. The summed E-state index contributed by atoms with van der Waals surface area (Å²) in [5, 5.41) is 7.48. The number of fused-ring (bicyclic) bond motifs is 1. The van der Waals surface area contributed by atoms with Crippen LogP contribution in [0.2, 0.25) is 0 Å². The average molecular weight is 420 g/mol. The van der Waals surface area contributed by atoms with Gasteiger partial charge in [-0.1, -0.05) is 42.5 Å². The number of anilines is 1. The number of benzene rings is 3. The monoisotopic (exact) mass is 419 g/mol. The van der Waals surface area contributed by atoms with Crippen LogP contribution in [0, 0.1) is 5.41 Å². The van der Waals surface area contributed by atoms with E-state index in [0.717, 1.165) is 16.9 Å². The largest absolute Gasteiger partial charge is 0.384 e. The summed E-state index contributed by atoms with van der Waals surface area (Å²) >= 11 is 0. The van der Waals surface area contributed by atoms with Crippen LogP contribution in [-0.2, 0) is 23.5 Å². The molecule has 4 N–H and O–H groups in total. The van der Waals surface area contributed by atoms with Crippen molar-refractivity contribution in [1.29, 1.82) is 5.41 Å². The molecule has 0 amide bonds. The molecule has 0 aliphatic rings. The van der Waals surface area contributed by atoms with Gasteiger partial charge in [0.05, 0.1) is 15.9 Å². The van der Waals surface area contributed by atoms with Crippen molar-refractivity contribution in [3.05, 3.63) is 89.7 Å². The number of aryl methyl sites for hydroxylation is 1. The molecule has 1 heterocycles. The second-order valence-corrected chi connectivity index (χ2v) is 8.68. The highest BCUT2D eigenvalue weighted by Crippen LogP contribution is 2.23. The van der Waals surface area contributed by atoms with Gasteiger partial charge in [0.1, 0.15) is 11.7 Å². The Labute approximate surface area is 174 Å². The summed E-state index contributed by atoms with van der Waals surface area (Å²) in [6.45, 7) is 0. The van der Waals surface area contributed by atoms with E-state index in [4.69, 9.17) is 11.1 Å². The molecule has 3 aromatic carbocycles. The maximum absolute atomic E-state index is 12.7. The molecule has 0 bridgehead atoms. The third kappa shape index (κ3) is 3.90. The van der Waals surface area contributed by atoms with Crippen LogP contribution in [0.5, 0.6) is 0 Å². The molecule has 30 heavy (non-hydrogen) atoms. The lowest BCUT2D eigenvalue weighted by atomic mass is 10.1. The van der Waals surface area contributed by atoms with Crippen molar-refractivity contribution in [3.63, 3.8) is 0 Å². The van der Waals surface area contributed by atoms with Gasteiger partial charge in [0.15, 0.2) is 0 Å². The van der Waals surface area contributed by atoms with Crippen LogP contribution in [0.15, 0.2) is 77.7 Å². The lowest BCUT2D eigenvalue weighted by molar-refractivity contribution is 0.601. The number of nitrogens with two attached hydrogens (primary N) is 1. The van der Waals surface area contributed by atoms with Crippen LogP contribution in [0.3, 0.4) is 0 Å². The molecule has 4 aromatic rings. The number of aromatic nitrogens is 2. The van der Waals surface area contributed by atoms with Crippen LogP contribution in [-0.4, -0.2) is 23.8 Å². The molecule has 0 unspecified atom stereocenters. The Morgan fingerprint density at radius 1 is 1.07 bits per heavy atom. The fraction of sp³-hybridized carbons (Fsp3) is 0.0909. The van der Waals surface area contributed by atoms with Crippen LogP contribution < -0.4 is 10.5 Å². The molecule has 0 saturated carbocycles. The van der Waals surface area contributed by atoms with Gasteiger partial charge in [0.25, 0.3) is 10.0 Å². The fourth-order valence-corrected chi connectivity index (χ4v) is 4.34. The number of nitrogens with zero attached hydrogens (tertiary/aromatic N) is 2. The van der Waals surface area contributed by atoms with Crippen molar-refractivity contribution in [1.82, 2.24) is 9.55 Å². The summed E-state index contributed by atoms with van der Waals surface area (Å²) in [4.78, 5) is 4.81. The second-order valence-electron chi connectivity index (χ2n) is 7.00. The van der Waals surface area contributed by atoms with Crippen LogP contribution in [0.1, 0.15) is 17.0 Å². The number of para-hydroxylation sites is 1. The Hall–Kier alpha value is -3.65. The summed E-state index contributed by atoms with van der Waals surface area (Å²) in [5.74, 6) is 0.841. The highest BCUT2D eigenvalue weighted by molar-refractivity contribution is 7.92. The number of imidazole rings is 1. The van der Waals surface area contributed by atoms with Crippen molar-refractivity contribution in [2.75, 3.05) is 4.72 Å². The van der Waals surface area contributed by atoms with Gasteiger partial charge >= 0.3 is 0 Å². The van der Waals surface area contributed by atoms with Gasteiger partial charge < -0.3 is 10.3 Å². The average Bonchev–Trinajstić information content (AvgIpc) is 3.04. The molecule has 8 heteroatoms. The Balaban J connectivity index is 1.63. The molecule has 0 aliphatic heterocycles. The minimum absolute atomic E-state index is 0.0298. The van der Waals surface area contributed by atoms with Crippen LogP contribution in [0.25, 0.3) is 11.0 Å². The summed E-state index contributed by atoms with van der Waals surface area (Å²) in [5.41, 5.74) is 9.17. The first-order valence-corrected chi connectivity index (χ1v) is 10.8. The predicted octanol–water partition coefficient (Wildman–Crippen LogP) is 3.25. The topological polar surface area (TPSA) is 114 Å². The molecule has 0 spiro atoms. The lowest BCUT2D eigenvalue weighted by Gasteiger charge is -2.08. The number of sulfonamides is 1. The first-order valence-electron chi connectivity index (χ1n) is 9.30. The van der Waals surface area contributed by atoms with Gasteiger partial charge in [0, 0.05) is 24.7 Å². The molecule has 0 saturated heterocycles. The molecule has 4 rings (SSSR count). The van der Waals surface area contributed by atoms with E-state index in [1.807, 2.05) is 29.8 Å². The molecule has 152 valence electrons. The molecule has 0 aliphatic carbocycles. The quantitative estimate of drug-likeness (QED) is 0.329. The van der Waals surface area contributed by atoms with Crippen LogP contribution >= 0.6 is 0 Å². The zero-order valence-corrected chi connectivity index (χ0v) is 17.1. The molecule has 0 radical (unpaired) electrons. The molecule has 7 nitrogen and oxygen atoms in total. The van der Waals surface area contributed by atoms with Crippen molar-refractivity contribution in [2.24, 2.45) is 12.8 Å². The molecular weight excluding hydrogens is 398 g/mol. The van der Waals surface area contributed by atoms with Gasteiger partial charge in [-0.25, -0.2) is 13.4 Å². The zero-order valence-electron chi connectivity index (χ0n) is 16.3. The van der Waals surface area contributed by atoms with E-state index >= 15 is 0 Å². The Bertz CT molecular complexity index is 1330. The van der Waals surface area contributed by atoms with Gasteiger partial charge in [-0.2, -0.15) is 0 Å². The van der Waals surface area contributed by atoms with Crippen molar-refractivity contribution < 1.29 is 8.42 Å². The summed E-state index contributed by atoms with van der Waals surface area (Å²) < 4.78 is 30.0. The first kappa shape index (κ1) is 19.7. The fourth-order valence-electron chi connectivity index (χ4n) is 3.26. The van der Waals surface area contributed by atoms with Gasteiger partial charge in [-0.15, -0.1) is 0 Å². The summed E-state index contributed by atoms with van der Waals surface area (Å²) in [6.07, 6.45) is 0.577. The molecule has 0 atom stereocenters. The number of hydrogen-bond donors (Lipinski definition) is 3. The number of nitrogens with one attached hydrogen (secondary N) is 2. The van der Waals surface area contributed by atoms with Crippen molar-refractivity contribution in [2.45, 2.75) is 11.3 Å². The van der Waals surface area contributed by atoms with E-state index in [9.17, 15) is 8.42 Å². The Morgan fingerprint density at radius 2 is 1.77 bits per heavy atom.